The highest BCUT2D eigenvalue weighted by atomic mass is 19.1. The van der Waals surface area contributed by atoms with Crippen LogP contribution in [0.3, 0.4) is 0 Å². The number of halogens is 1. The number of aromatic carboxylic acids is 1. The number of phenolic OH excluding ortho intramolecular Hbond substituents is 1. The molecule has 20 heavy (non-hydrogen) atoms. The van der Waals surface area contributed by atoms with Crippen molar-refractivity contribution in [3.05, 3.63) is 59.4 Å². The van der Waals surface area contributed by atoms with Crippen LogP contribution in [0.4, 0.5) is 10.1 Å². The number of hydrogen-bond acceptors (Lipinski definition) is 3. The van der Waals surface area contributed by atoms with Gasteiger partial charge >= 0.3 is 5.97 Å². The minimum atomic E-state index is -1.13. The van der Waals surface area contributed by atoms with Crippen molar-refractivity contribution in [2.24, 2.45) is 0 Å². The molecule has 0 aliphatic heterocycles. The first-order valence-corrected chi connectivity index (χ1v) is 5.60. The molecule has 2 rings (SSSR count). The van der Waals surface area contributed by atoms with Gasteiger partial charge < -0.3 is 15.5 Å². The van der Waals surface area contributed by atoms with Crippen molar-refractivity contribution < 1.29 is 24.2 Å². The van der Waals surface area contributed by atoms with E-state index in [1.807, 2.05) is 0 Å². The van der Waals surface area contributed by atoms with Crippen LogP contribution in [0.15, 0.2) is 42.5 Å². The van der Waals surface area contributed by atoms with Gasteiger partial charge in [0.15, 0.2) is 0 Å². The molecule has 2 aromatic rings. The lowest BCUT2D eigenvalue weighted by molar-refractivity contribution is 0.0696. The summed E-state index contributed by atoms with van der Waals surface area (Å²) in [6.07, 6.45) is 0. The van der Waals surface area contributed by atoms with Crippen LogP contribution in [0.2, 0.25) is 0 Å². The minimum absolute atomic E-state index is 0.00831. The first kappa shape index (κ1) is 13.5. The van der Waals surface area contributed by atoms with Gasteiger partial charge in [-0.05, 0) is 30.3 Å². The monoisotopic (exact) mass is 275 g/mol. The molecule has 6 heteroatoms. The maximum atomic E-state index is 13.5. The Bertz CT molecular complexity index is 685. The number of amides is 1. The fraction of sp³-hybridized carbons (Fsp3) is 0. The van der Waals surface area contributed by atoms with Gasteiger partial charge in [-0.15, -0.1) is 0 Å². The third-order valence-corrected chi connectivity index (χ3v) is 2.56. The number of benzene rings is 2. The molecule has 0 atom stereocenters. The Balaban J connectivity index is 2.23. The maximum Gasteiger partial charge on any atom is 0.335 e. The Morgan fingerprint density at radius 3 is 2.50 bits per heavy atom. The number of anilines is 1. The molecule has 0 aromatic heterocycles. The molecule has 0 radical (unpaired) electrons. The Morgan fingerprint density at radius 2 is 1.85 bits per heavy atom. The summed E-state index contributed by atoms with van der Waals surface area (Å²) < 4.78 is 13.5. The number of aromatic hydroxyl groups is 1. The van der Waals surface area contributed by atoms with E-state index in [2.05, 4.69) is 5.32 Å². The number of nitrogens with one attached hydrogen (secondary N) is 1. The minimum Gasteiger partial charge on any atom is -0.508 e. The van der Waals surface area contributed by atoms with Gasteiger partial charge in [0.05, 0.1) is 11.1 Å². The number of carboxylic acids is 1. The van der Waals surface area contributed by atoms with Crippen LogP contribution in [0.1, 0.15) is 20.7 Å². The molecule has 0 bridgehead atoms. The lowest BCUT2D eigenvalue weighted by atomic mass is 10.1. The molecule has 3 N–H and O–H groups in total. The van der Waals surface area contributed by atoms with Crippen molar-refractivity contribution >= 4 is 17.6 Å². The molecule has 0 unspecified atom stereocenters. The Labute approximate surface area is 113 Å². The molecule has 0 saturated carbocycles. The summed E-state index contributed by atoms with van der Waals surface area (Å²) in [5.74, 6) is -3.01. The quantitative estimate of drug-likeness (QED) is 0.803. The molecular formula is C14H10FNO4. The van der Waals surface area contributed by atoms with E-state index in [9.17, 15) is 14.0 Å². The predicted octanol–water partition coefficient (Wildman–Crippen LogP) is 2.48. The first-order chi connectivity index (χ1) is 9.47. The Hall–Kier alpha value is -2.89. The lowest BCUT2D eigenvalue weighted by Gasteiger charge is -2.07. The summed E-state index contributed by atoms with van der Waals surface area (Å²) in [7, 11) is 0. The molecule has 0 aliphatic carbocycles. The smallest absolute Gasteiger partial charge is 0.335 e. The van der Waals surface area contributed by atoms with Gasteiger partial charge in [0.2, 0.25) is 0 Å². The normalized spacial score (nSPS) is 10.1. The molecular weight excluding hydrogens is 265 g/mol. The SMILES string of the molecule is O=C(O)c1cccc(NC(=O)c2ccc(O)cc2F)c1. The van der Waals surface area contributed by atoms with Crippen molar-refractivity contribution in [3.63, 3.8) is 0 Å². The second-order valence-corrected chi connectivity index (χ2v) is 4.00. The van der Waals surface area contributed by atoms with Crippen molar-refractivity contribution in [1.82, 2.24) is 0 Å². The molecule has 5 nitrogen and oxygen atoms in total. The van der Waals surface area contributed by atoms with E-state index in [0.29, 0.717) is 0 Å². The standard InChI is InChI=1S/C14H10FNO4/c15-12-7-10(17)4-5-11(12)13(18)16-9-3-1-2-8(6-9)14(19)20/h1-7,17H,(H,16,18)(H,19,20). The molecule has 0 heterocycles. The molecule has 0 saturated heterocycles. The van der Waals surface area contributed by atoms with Crippen molar-refractivity contribution in [2.45, 2.75) is 0 Å². The van der Waals surface area contributed by atoms with Crippen molar-refractivity contribution in [2.75, 3.05) is 5.32 Å². The third-order valence-electron chi connectivity index (χ3n) is 2.56. The average molecular weight is 275 g/mol. The molecule has 0 fully saturated rings. The summed E-state index contributed by atoms with van der Waals surface area (Å²) in [4.78, 5) is 22.6. The zero-order chi connectivity index (χ0) is 14.7. The van der Waals surface area contributed by atoms with Gasteiger partial charge in [-0.25, -0.2) is 9.18 Å². The van der Waals surface area contributed by atoms with Crippen LogP contribution in [0, 0.1) is 5.82 Å². The van der Waals surface area contributed by atoms with Crippen molar-refractivity contribution in [1.29, 1.82) is 0 Å². The van der Waals surface area contributed by atoms with Gasteiger partial charge in [0.25, 0.3) is 5.91 Å². The molecule has 2 aromatic carbocycles. The summed E-state index contributed by atoms with van der Waals surface area (Å²) >= 11 is 0. The van der Waals surface area contributed by atoms with Crippen LogP contribution < -0.4 is 5.32 Å². The number of carboxylic acid groups (broad SMARTS) is 1. The Morgan fingerprint density at radius 1 is 1.10 bits per heavy atom. The topological polar surface area (TPSA) is 86.6 Å². The zero-order valence-corrected chi connectivity index (χ0v) is 10.1. The fourth-order valence-electron chi connectivity index (χ4n) is 1.62. The van der Waals surface area contributed by atoms with Crippen LogP contribution >= 0.6 is 0 Å². The maximum absolute atomic E-state index is 13.5. The Kier molecular flexibility index (Phi) is 3.65. The second-order valence-electron chi connectivity index (χ2n) is 4.00. The van der Waals surface area contributed by atoms with E-state index >= 15 is 0 Å². The van der Waals surface area contributed by atoms with Crippen LogP contribution in [-0.2, 0) is 0 Å². The summed E-state index contributed by atoms with van der Waals surface area (Å²) in [5.41, 5.74) is -0.000110. The van der Waals surface area contributed by atoms with Crippen LogP contribution in [0.25, 0.3) is 0 Å². The zero-order valence-electron chi connectivity index (χ0n) is 10.1. The van der Waals surface area contributed by atoms with Crippen molar-refractivity contribution in [3.8, 4) is 5.75 Å². The first-order valence-electron chi connectivity index (χ1n) is 5.60. The van der Waals surface area contributed by atoms with Gasteiger partial charge in [-0.1, -0.05) is 6.07 Å². The van der Waals surface area contributed by atoms with Gasteiger partial charge in [-0.3, -0.25) is 4.79 Å². The largest absolute Gasteiger partial charge is 0.508 e. The summed E-state index contributed by atoms with van der Waals surface area (Å²) in [6.45, 7) is 0. The van der Waals surface area contributed by atoms with Gasteiger partial charge in [-0.2, -0.15) is 0 Å². The predicted molar refractivity (Wildman–Crippen MR) is 69.4 cm³/mol. The number of carbonyl (C=O) groups is 2. The summed E-state index contributed by atoms with van der Waals surface area (Å²) in [5, 5.41) is 20.3. The van der Waals surface area contributed by atoms with E-state index in [4.69, 9.17) is 10.2 Å². The average Bonchev–Trinajstić information content (AvgIpc) is 2.38. The molecule has 0 aliphatic rings. The highest BCUT2D eigenvalue weighted by Gasteiger charge is 2.13. The third kappa shape index (κ3) is 2.92. The van der Waals surface area contributed by atoms with E-state index in [-0.39, 0.29) is 22.6 Å². The fourth-order valence-corrected chi connectivity index (χ4v) is 1.62. The van der Waals surface area contributed by atoms with E-state index in [1.165, 1.54) is 30.3 Å². The van der Waals surface area contributed by atoms with E-state index in [0.717, 1.165) is 12.1 Å². The molecule has 1 amide bonds. The van der Waals surface area contributed by atoms with Gasteiger partial charge in [0, 0.05) is 11.8 Å². The number of carbonyl (C=O) groups excluding carboxylic acids is 1. The van der Waals surface area contributed by atoms with E-state index in [1.54, 1.807) is 0 Å². The second kappa shape index (κ2) is 5.40. The van der Waals surface area contributed by atoms with E-state index < -0.39 is 17.7 Å². The van der Waals surface area contributed by atoms with Gasteiger partial charge in [0.1, 0.15) is 11.6 Å². The molecule has 0 spiro atoms. The summed E-state index contributed by atoms with van der Waals surface area (Å²) in [6, 6.07) is 8.74. The highest BCUT2D eigenvalue weighted by molar-refractivity contribution is 6.05. The van der Waals surface area contributed by atoms with Crippen LogP contribution in [-0.4, -0.2) is 22.1 Å². The number of phenols is 1. The van der Waals surface area contributed by atoms with Crippen LogP contribution in [0.5, 0.6) is 5.75 Å². The number of hydrogen-bond donors (Lipinski definition) is 3. The highest BCUT2D eigenvalue weighted by Crippen LogP contribution is 2.17. The molecule has 102 valence electrons. The number of rotatable bonds is 3. The lowest BCUT2D eigenvalue weighted by Crippen LogP contribution is -2.14.